The van der Waals surface area contributed by atoms with Crippen molar-refractivity contribution in [3.63, 3.8) is 0 Å². The number of nitrogens with zero attached hydrogens (tertiary/aromatic N) is 1. The van der Waals surface area contributed by atoms with E-state index in [1.807, 2.05) is 6.07 Å². The standard InChI is InChI=1S/C34H21NO/c1-2-10-23-19-24(18-17-22(23)9-1)29-20-25(21-30-28-13-5-8-16-33(28)36-34(29)30)35-31-14-6-3-11-26(31)27-12-4-7-15-32(27)35/h1-21H. The van der Waals surface area contributed by atoms with E-state index in [-0.39, 0.29) is 0 Å². The summed E-state index contributed by atoms with van der Waals surface area (Å²) in [6, 6.07) is 45.4. The first-order valence-corrected chi connectivity index (χ1v) is 12.3. The molecule has 0 N–H and O–H groups in total. The van der Waals surface area contributed by atoms with Gasteiger partial charge in [0.05, 0.1) is 11.0 Å². The van der Waals surface area contributed by atoms with Crippen molar-refractivity contribution in [1.82, 2.24) is 4.57 Å². The van der Waals surface area contributed by atoms with Crippen LogP contribution >= 0.6 is 0 Å². The normalized spacial score (nSPS) is 11.9. The Bertz CT molecular complexity index is 2050. The highest BCUT2D eigenvalue weighted by Gasteiger charge is 2.18. The molecule has 0 aliphatic carbocycles. The van der Waals surface area contributed by atoms with Crippen molar-refractivity contribution in [3.05, 3.63) is 127 Å². The van der Waals surface area contributed by atoms with Crippen molar-refractivity contribution in [2.45, 2.75) is 0 Å². The molecule has 0 fully saturated rings. The van der Waals surface area contributed by atoms with Gasteiger partial charge < -0.3 is 8.98 Å². The van der Waals surface area contributed by atoms with Gasteiger partial charge in [0.15, 0.2) is 0 Å². The second-order valence-electron chi connectivity index (χ2n) is 9.40. The lowest BCUT2D eigenvalue weighted by Crippen LogP contribution is -1.95. The van der Waals surface area contributed by atoms with Crippen LogP contribution in [0.1, 0.15) is 0 Å². The molecule has 0 unspecified atom stereocenters. The Labute approximate surface area is 207 Å². The molecule has 0 aliphatic rings. The highest BCUT2D eigenvalue weighted by Crippen LogP contribution is 2.40. The van der Waals surface area contributed by atoms with E-state index in [4.69, 9.17) is 4.42 Å². The Balaban J connectivity index is 1.52. The van der Waals surface area contributed by atoms with E-state index in [9.17, 15) is 0 Å². The summed E-state index contributed by atoms with van der Waals surface area (Å²) in [6.45, 7) is 0. The predicted octanol–water partition coefficient (Wildman–Crippen LogP) is 9.50. The van der Waals surface area contributed by atoms with E-state index < -0.39 is 0 Å². The van der Waals surface area contributed by atoms with Crippen LogP contribution in [0.15, 0.2) is 132 Å². The molecule has 2 heteroatoms. The highest BCUT2D eigenvalue weighted by atomic mass is 16.3. The zero-order valence-corrected chi connectivity index (χ0v) is 19.5. The Morgan fingerprint density at radius 1 is 0.472 bits per heavy atom. The number of aromatic nitrogens is 1. The van der Waals surface area contributed by atoms with E-state index in [0.717, 1.165) is 38.8 Å². The van der Waals surface area contributed by atoms with Crippen molar-refractivity contribution in [2.24, 2.45) is 0 Å². The first-order valence-electron chi connectivity index (χ1n) is 12.3. The zero-order valence-electron chi connectivity index (χ0n) is 19.5. The van der Waals surface area contributed by atoms with Crippen LogP contribution in [0.2, 0.25) is 0 Å². The number of hydrogen-bond acceptors (Lipinski definition) is 1. The van der Waals surface area contributed by atoms with E-state index >= 15 is 0 Å². The molecule has 2 nitrogen and oxygen atoms in total. The molecule has 0 bridgehead atoms. The van der Waals surface area contributed by atoms with E-state index in [1.54, 1.807) is 0 Å². The molecule has 36 heavy (non-hydrogen) atoms. The molecule has 0 saturated carbocycles. The van der Waals surface area contributed by atoms with Crippen LogP contribution in [-0.4, -0.2) is 4.57 Å². The molecular weight excluding hydrogens is 438 g/mol. The first-order chi connectivity index (χ1) is 17.8. The van der Waals surface area contributed by atoms with E-state index in [2.05, 4.69) is 126 Å². The summed E-state index contributed by atoms with van der Waals surface area (Å²) in [5, 5.41) is 7.25. The van der Waals surface area contributed by atoms with Crippen LogP contribution in [0, 0.1) is 0 Å². The molecular formula is C34H21NO. The second kappa shape index (κ2) is 7.34. The topological polar surface area (TPSA) is 18.1 Å². The maximum atomic E-state index is 6.49. The molecule has 6 aromatic carbocycles. The average Bonchev–Trinajstić information content (AvgIpc) is 3.48. The summed E-state index contributed by atoms with van der Waals surface area (Å²) in [7, 11) is 0. The third-order valence-electron chi connectivity index (χ3n) is 7.36. The number of fused-ring (bicyclic) bond motifs is 7. The number of rotatable bonds is 2. The molecule has 0 amide bonds. The fraction of sp³-hybridized carbons (Fsp3) is 0. The second-order valence-corrected chi connectivity index (χ2v) is 9.40. The van der Waals surface area contributed by atoms with Crippen molar-refractivity contribution < 1.29 is 4.42 Å². The lowest BCUT2D eigenvalue weighted by molar-refractivity contribution is 0.670. The lowest BCUT2D eigenvalue weighted by atomic mass is 9.98. The van der Waals surface area contributed by atoms with Crippen LogP contribution in [0.25, 0.3) is 71.3 Å². The molecule has 2 heterocycles. The van der Waals surface area contributed by atoms with E-state index in [0.29, 0.717) is 0 Å². The molecule has 8 rings (SSSR count). The van der Waals surface area contributed by atoms with Crippen LogP contribution in [0.4, 0.5) is 0 Å². The molecule has 0 atom stereocenters. The summed E-state index contributed by atoms with van der Waals surface area (Å²) >= 11 is 0. The number of para-hydroxylation sites is 3. The summed E-state index contributed by atoms with van der Waals surface area (Å²) in [5.41, 5.74) is 7.64. The van der Waals surface area contributed by atoms with Gasteiger partial charge in [-0.25, -0.2) is 0 Å². The number of furan rings is 1. The summed E-state index contributed by atoms with van der Waals surface area (Å²) in [4.78, 5) is 0. The van der Waals surface area contributed by atoms with Crippen LogP contribution < -0.4 is 0 Å². The summed E-state index contributed by atoms with van der Waals surface area (Å²) < 4.78 is 8.87. The van der Waals surface area contributed by atoms with Crippen molar-refractivity contribution in [1.29, 1.82) is 0 Å². The third kappa shape index (κ3) is 2.73. The maximum absolute atomic E-state index is 6.49. The molecule has 168 valence electrons. The lowest BCUT2D eigenvalue weighted by Gasteiger charge is -2.12. The maximum Gasteiger partial charge on any atom is 0.143 e. The van der Waals surface area contributed by atoms with Gasteiger partial charge in [0.2, 0.25) is 0 Å². The fourth-order valence-electron chi connectivity index (χ4n) is 5.71. The third-order valence-corrected chi connectivity index (χ3v) is 7.36. The van der Waals surface area contributed by atoms with Gasteiger partial charge in [-0.2, -0.15) is 0 Å². The molecule has 0 radical (unpaired) electrons. The minimum absolute atomic E-state index is 0.911. The summed E-state index contributed by atoms with van der Waals surface area (Å²) in [5.74, 6) is 0. The van der Waals surface area contributed by atoms with Crippen LogP contribution in [0.3, 0.4) is 0 Å². The Morgan fingerprint density at radius 3 is 1.89 bits per heavy atom. The van der Waals surface area contributed by atoms with Crippen LogP contribution in [0.5, 0.6) is 0 Å². The van der Waals surface area contributed by atoms with Gasteiger partial charge in [-0.05, 0) is 52.7 Å². The molecule has 0 aliphatic heterocycles. The zero-order chi connectivity index (χ0) is 23.6. The molecule has 0 spiro atoms. The van der Waals surface area contributed by atoms with Gasteiger partial charge >= 0.3 is 0 Å². The van der Waals surface area contributed by atoms with Crippen LogP contribution in [-0.2, 0) is 0 Å². The van der Waals surface area contributed by atoms with Gasteiger partial charge in [0.1, 0.15) is 11.2 Å². The number of benzene rings is 6. The fourth-order valence-corrected chi connectivity index (χ4v) is 5.71. The highest BCUT2D eigenvalue weighted by molar-refractivity contribution is 6.13. The molecule has 0 saturated heterocycles. The summed E-state index contributed by atoms with van der Waals surface area (Å²) in [6.07, 6.45) is 0. The SMILES string of the molecule is c1ccc2cc(-c3cc(-n4c5ccccc5c5ccccc54)cc4c3oc3ccccc34)ccc2c1. The monoisotopic (exact) mass is 459 g/mol. The first kappa shape index (κ1) is 19.5. The van der Waals surface area contributed by atoms with Gasteiger partial charge in [-0.3, -0.25) is 0 Å². The molecule has 2 aromatic heterocycles. The largest absolute Gasteiger partial charge is 0.455 e. The van der Waals surface area contributed by atoms with E-state index in [1.165, 1.54) is 32.6 Å². The predicted molar refractivity (Wildman–Crippen MR) is 151 cm³/mol. The minimum atomic E-state index is 0.911. The van der Waals surface area contributed by atoms with Crippen molar-refractivity contribution in [3.8, 4) is 16.8 Å². The Kier molecular flexibility index (Phi) is 3.97. The Hall–Kier alpha value is -4.82. The van der Waals surface area contributed by atoms with Gasteiger partial charge in [-0.15, -0.1) is 0 Å². The van der Waals surface area contributed by atoms with Gasteiger partial charge in [-0.1, -0.05) is 91.0 Å². The van der Waals surface area contributed by atoms with Crippen molar-refractivity contribution >= 4 is 54.5 Å². The Morgan fingerprint density at radius 2 is 1.11 bits per heavy atom. The van der Waals surface area contributed by atoms with Crippen molar-refractivity contribution in [2.75, 3.05) is 0 Å². The number of hydrogen-bond donors (Lipinski definition) is 0. The van der Waals surface area contributed by atoms with Gasteiger partial charge in [0.25, 0.3) is 0 Å². The quantitative estimate of drug-likeness (QED) is 0.252. The smallest absolute Gasteiger partial charge is 0.143 e. The minimum Gasteiger partial charge on any atom is -0.455 e. The van der Waals surface area contributed by atoms with Gasteiger partial charge in [0, 0.05) is 32.8 Å². The molecule has 8 aromatic rings. The average molecular weight is 460 g/mol.